The van der Waals surface area contributed by atoms with E-state index in [2.05, 4.69) is 49.6 Å². The molecular formula is C30H31N9O22S7. The monoisotopic (exact) mass is 1090 g/mol. The zero-order valence-corrected chi connectivity index (χ0v) is 39.2. The number of azo groups is 3. The molecule has 0 saturated carbocycles. The van der Waals surface area contributed by atoms with E-state index in [1.807, 2.05) is 0 Å². The number of nitrogens with one attached hydrogen (secondary N) is 1. The van der Waals surface area contributed by atoms with Gasteiger partial charge in [0.25, 0.3) is 30.4 Å². The van der Waals surface area contributed by atoms with Gasteiger partial charge in [-0.1, -0.05) is 5.04 Å². The Labute approximate surface area is 388 Å². The number of nitrogens with two attached hydrogens (primary N) is 2. The number of nitrogens with zero attached hydrogens (tertiary/aromatic N) is 6. The summed E-state index contributed by atoms with van der Waals surface area (Å²) in [5.41, 5.74) is 7.17. The quantitative estimate of drug-likeness (QED) is 0.0104. The fourth-order valence-electron chi connectivity index (χ4n) is 5.00. The van der Waals surface area contributed by atoms with Gasteiger partial charge in [-0.15, -0.1) is 35.0 Å². The standard InChI is InChI=1S/C30H31N9O22S7/c1-16(40)33-17-2-5-20(25(12-17)65(46,47)48)34-37-23-15-24(38-35-21-6-3-18(13-26(21)66(49,50)51)63(42,43)10-8-58-62-61-60-41)29(32)30(28(23)31)39-36-22-7-4-19(14-27(22)67(52,53)54)64(44,45)11-9-59-68(55,56)57/h2-7,12-15,41H,8-11,31-32H2,1H3,(H,33,40)(H,46,47,48)(H,49,50,51)(H,52,53,54)(H,55,56,57). The van der Waals surface area contributed by atoms with Gasteiger partial charge in [0.05, 0.1) is 45.9 Å². The molecule has 10 N–H and O–H groups in total. The molecule has 370 valence electrons. The Hall–Kier alpha value is -5.56. The summed E-state index contributed by atoms with van der Waals surface area (Å²) < 4.78 is 199. The lowest BCUT2D eigenvalue weighted by Gasteiger charge is -2.11. The van der Waals surface area contributed by atoms with Crippen molar-refractivity contribution in [2.75, 3.05) is 41.5 Å². The Kier molecular flexibility index (Phi) is 17.7. The average Bonchev–Trinajstić information content (AvgIpc) is 3.21. The lowest BCUT2D eigenvalue weighted by atomic mass is 10.2. The van der Waals surface area contributed by atoms with Crippen molar-refractivity contribution in [1.82, 2.24) is 0 Å². The number of amides is 1. The molecule has 4 aromatic rings. The average molecular weight is 1090 g/mol. The summed E-state index contributed by atoms with van der Waals surface area (Å²) in [4.78, 5) is 6.81. The second-order valence-corrected chi connectivity index (χ2v) is 22.6. The molecule has 38 heteroatoms. The van der Waals surface area contributed by atoms with Crippen LogP contribution in [0.1, 0.15) is 6.92 Å². The molecule has 0 unspecified atom stereocenters. The van der Waals surface area contributed by atoms with Gasteiger partial charge in [-0.2, -0.15) is 33.7 Å². The predicted molar refractivity (Wildman–Crippen MR) is 231 cm³/mol. The first-order valence-corrected chi connectivity index (χ1v) is 26.9. The van der Waals surface area contributed by atoms with Crippen molar-refractivity contribution in [2.24, 2.45) is 30.7 Å². The Morgan fingerprint density at radius 1 is 0.588 bits per heavy atom. The van der Waals surface area contributed by atoms with Crippen LogP contribution >= 0.6 is 12.3 Å². The molecule has 0 bridgehead atoms. The van der Waals surface area contributed by atoms with Crippen molar-refractivity contribution in [3.8, 4) is 0 Å². The smallest absolute Gasteiger partial charge is 0.395 e. The Bertz CT molecular complexity index is 3410. The third-order valence-electron chi connectivity index (χ3n) is 7.94. The van der Waals surface area contributed by atoms with Crippen molar-refractivity contribution in [3.63, 3.8) is 0 Å². The lowest BCUT2D eigenvalue weighted by molar-refractivity contribution is -0.434. The summed E-state index contributed by atoms with van der Waals surface area (Å²) in [5.74, 6) is -2.55. The molecule has 0 spiro atoms. The number of sulfone groups is 2. The fourth-order valence-corrected chi connectivity index (χ4v) is 10.0. The topological polar surface area (TPSA) is 498 Å². The number of anilines is 3. The Morgan fingerprint density at radius 3 is 1.43 bits per heavy atom. The SMILES string of the molecule is CC(=O)Nc1ccc(N=Nc2cc(N=Nc3ccc(S(=O)(=O)CCOSOOO)cc3S(=O)(=O)O)c(N)c(N=Nc3ccc(S(=O)(=O)CCOS(=O)(=O)O)cc3S(=O)(=O)O)c2N)c(S(=O)(=O)O)c1. The number of nitrogen functional groups attached to an aromatic ring is 2. The predicted octanol–water partition coefficient (Wildman–Crippen LogP) is 4.16. The van der Waals surface area contributed by atoms with Gasteiger partial charge in [-0.05, 0) is 60.7 Å². The van der Waals surface area contributed by atoms with Gasteiger partial charge in [-0.3, -0.25) is 27.2 Å². The number of carbonyl (C=O) groups excluding carboxylic acids is 1. The number of carbonyl (C=O) groups is 1. The molecule has 0 atom stereocenters. The van der Waals surface area contributed by atoms with Crippen LogP contribution in [0.5, 0.6) is 0 Å². The van der Waals surface area contributed by atoms with Gasteiger partial charge >= 0.3 is 10.4 Å². The van der Waals surface area contributed by atoms with E-state index in [4.69, 9.17) is 25.5 Å². The van der Waals surface area contributed by atoms with E-state index in [1.165, 1.54) is 0 Å². The van der Waals surface area contributed by atoms with Gasteiger partial charge in [0.1, 0.15) is 48.8 Å². The molecule has 4 aromatic carbocycles. The van der Waals surface area contributed by atoms with Crippen LogP contribution in [-0.4, -0.2) is 105 Å². The molecule has 0 saturated heterocycles. The fraction of sp³-hybridized carbons (Fsp3) is 0.167. The largest absolute Gasteiger partial charge is 0.397 e. The van der Waals surface area contributed by atoms with Crippen LogP contribution in [-0.2, 0) is 83.0 Å². The zero-order chi connectivity index (χ0) is 51.0. The summed E-state index contributed by atoms with van der Waals surface area (Å²) in [6.45, 7) is -0.601. The minimum absolute atomic E-state index is 0.0520. The van der Waals surface area contributed by atoms with E-state index in [0.29, 0.717) is 18.2 Å². The molecule has 0 aliphatic rings. The normalized spacial score (nSPS) is 13.2. The molecule has 0 heterocycles. The molecule has 0 aliphatic heterocycles. The van der Waals surface area contributed by atoms with Gasteiger partial charge in [0.2, 0.25) is 5.91 Å². The van der Waals surface area contributed by atoms with E-state index < -0.39 is 161 Å². The molecule has 0 aliphatic carbocycles. The molecular weight excluding hydrogens is 1060 g/mol. The summed E-state index contributed by atoms with van der Waals surface area (Å²) in [6, 6.07) is 7.82. The second kappa shape index (κ2) is 21.8. The van der Waals surface area contributed by atoms with Gasteiger partial charge in [0.15, 0.2) is 32.0 Å². The van der Waals surface area contributed by atoms with Crippen molar-refractivity contribution >= 4 is 130 Å². The van der Waals surface area contributed by atoms with E-state index >= 15 is 0 Å². The minimum atomic E-state index is -5.38. The molecule has 68 heavy (non-hydrogen) atoms. The maximum Gasteiger partial charge on any atom is 0.397 e. The van der Waals surface area contributed by atoms with Crippen molar-refractivity contribution in [1.29, 1.82) is 0 Å². The number of rotatable bonds is 22. The maximum atomic E-state index is 12.9. The highest BCUT2D eigenvalue weighted by molar-refractivity contribution is 7.92. The number of hydrogen-bond donors (Lipinski definition) is 8. The first-order valence-electron chi connectivity index (χ1n) is 17.3. The summed E-state index contributed by atoms with van der Waals surface area (Å²) in [7, 11) is -29.8. The molecule has 1 amide bonds. The molecule has 31 nitrogen and oxygen atoms in total. The highest BCUT2D eigenvalue weighted by Crippen LogP contribution is 2.46. The van der Waals surface area contributed by atoms with Crippen LogP contribution in [0.2, 0.25) is 0 Å². The third kappa shape index (κ3) is 15.2. The highest BCUT2D eigenvalue weighted by atomic mass is 32.3. The van der Waals surface area contributed by atoms with E-state index in [0.717, 1.165) is 49.4 Å². The van der Waals surface area contributed by atoms with E-state index in [9.17, 15) is 69.0 Å². The van der Waals surface area contributed by atoms with Crippen molar-refractivity contribution in [2.45, 2.75) is 31.4 Å². The maximum absolute atomic E-state index is 12.9. The summed E-state index contributed by atoms with van der Waals surface area (Å²) >= 11 is 0.0520. The number of benzene rings is 4. The van der Waals surface area contributed by atoms with E-state index in [-0.39, 0.29) is 18.0 Å². The molecule has 0 fully saturated rings. The zero-order valence-electron chi connectivity index (χ0n) is 33.5. The molecule has 0 aromatic heterocycles. The Morgan fingerprint density at radius 2 is 1.00 bits per heavy atom. The molecule has 4 rings (SSSR count). The summed E-state index contributed by atoms with van der Waals surface area (Å²) in [5, 5.41) is 36.4. The number of hydrogen-bond acceptors (Lipinski definition) is 27. The van der Waals surface area contributed by atoms with Crippen molar-refractivity contribution < 1.29 is 96.5 Å². The van der Waals surface area contributed by atoms with Crippen LogP contribution in [0, 0.1) is 0 Å². The van der Waals surface area contributed by atoms with Gasteiger partial charge in [0, 0.05) is 12.6 Å². The third-order valence-corrected chi connectivity index (χ3v) is 14.8. The van der Waals surface area contributed by atoms with Crippen molar-refractivity contribution in [3.05, 3.63) is 60.7 Å². The highest BCUT2D eigenvalue weighted by Gasteiger charge is 2.26. The van der Waals surface area contributed by atoms with Crippen LogP contribution in [0.15, 0.2) is 116 Å². The lowest BCUT2D eigenvalue weighted by Crippen LogP contribution is -2.16. The van der Waals surface area contributed by atoms with Crippen LogP contribution < -0.4 is 16.8 Å². The van der Waals surface area contributed by atoms with Gasteiger partial charge in [-0.25, -0.2) is 26.3 Å². The van der Waals surface area contributed by atoms with Crippen LogP contribution in [0.25, 0.3) is 0 Å². The van der Waals surface area contributed by atoms with Crippen LogP contribution in [0.4, 0.5) is 51.2 Å². The first kappa shape index (κ1) is 55.0. The van der Waals surface area contributed by atoms with Gasteiger partial charge < -0.3 is 16.8 Å². The van der Waals surface area contributed by atoms with Crippen LogP contribution in [0.3, 0.4) is 0 Å². The Balaban J connectivity index is 1.92. The second-order valence-electron chi connectivity index (χ2n) is 12.7. The summed E-state index contributed by atoms with van der Waals surface area (Å²) in [6.07, 6.45) is 0. The molecule has 0 radical (unpaired) electrons. The van der Waals surface area contributed by atoms with E-state index in [1.54, 1.807) is 0 Å². The first-order chi connectivity index (χ1) is 31.3. The minimum Gasteiger partial charge on any atom is -0.395 e.